The summed E-state index contributed by atoms with van der Waals surface area (Å²) in [5.41, 5.74) is 0.619. The van der Waals surface area contributed by atoms with Crippen molar-refractivity contribution < 1.29 is 13.9 Å². The molecular formula is C25H26FNO2. The molecule has 3 aromatic carbocycles. The van der Waals surface area contributed by atoms with Crippen LogP contribution in [0.5, 0.6) is 5.75 Å². The molecule has 4 rings (SSSR count). The van der Waals surface area contributed by atoms with Crippen molar-refractivity contribution >= 4 is 16.6 Å². The van der Waals surface area contributed by atoms with Gasteiger partial charge in [0.25, 0.3) is 0 Å². The number of Topliss-reactive ketones (excluding diaryl/α,β-unsaturated/α-hetero) is 1. The summed E-state index contributed by atoms with van der Waals surface area (Å²) in [7, 11) is 0. The molecule has 1 fully saturated rings. The minimum absolute atomic E-state index is 0.0468. The van der Waals surface area contributed by atoms with Gasteiger partial charge >= 0.3 is 0 Å². The van der Waals surface area contributed by atoms with Gasteiger partial charge in [0.1, 0.15) is 11.6 Å². The fourth-order valence-electron chi connectivity index (χ4n) is 4.00. The van der Waals surface area contributed by atoms with Gasteiger partial charge < -0.3 is 9.64 Å². The van der Waals surface area contributed by atoms with Gasteiger partial charge in [0, 0.05) is 18.0 Å². The van der Waals surface area contributed by atoms with Crippen LogP contribution in [0.15, 0.2) is 66.7 Å². The minimum Gasteiger partial charge on any atom is -0.494 e. The summed E-state index contributed by atoms with van der Waals surface area (Å²) in [6.07, 6.45) is 2.69. The Labute approximate surface area is 171 Å². The van der Waals surface area contributed by atoms with Crippen molar-refractivity contribution in [2.75, 3.05) is 26.2 Å². The Bertz CT molecular complexity index is 962. The predicted octanol–water partition coefficient (Wildman–Crippen LogP) is 5.34. The summed E-state index contributed by atoms with van der Waals surface area (Å²) in [5.74, 6) is 0.796. The van der Waals surface area contributed by atoms with Gasteiger partial charge in [-0.05, 0) is 79.5 Å². The van der Waals surface area contributed by atoms with E-state index in [-0.39, 0.29) is 17.5 Å². The quantitative estimate of drug-likeness (QED) is 0.402. The molecule has 1 saturated heterocycles. The summed E-state index contributed by atoms with van der Waals surface area (Å²) in [5, 5.41) is 2.41. The van der Waals surface area contributed by atoms with Crippen LogP contribution < -0.4 is 4.74 Å². The molecule has 29 heavy (non-hydrogen) atoms. The van der Waals surface area contributed by atoms with E-state index in [0.29, 0.717) is 12.2 Å². The Hall–Kier alpha value is -2.72. The zero-order valence-electron chi connectivity index (χ0n) is 16.5. The molecule has 150 valence electrons. The van der Waals surface area contributed by atoms with Crippen LogP contribution in [0.2, 0.25) is 0 Å². The van der Waals surface area contributed by atoms with Crippen LogP contribution in [-0.2, 0) is 0 Å². The number of piperidine rings is 1. The van der Waals surface area contributed by atoms with Crippen LogP contribution in [0, 0.1) is 11.7 Å². The maximum atomic E-state index is 13.0. The number of carbonyl (C=O) groups is 1. The molecule has 0 aromatic heterocycles. The smallest absolute Gasteiger partial charge is 0.166 e. The first kappa shape index (κ1) is 19.6. The SMILES string of the molecule is O=C(c1ccc(F)cc1)C1CCN(CCCOc2ccc3ccccc3c2)CC1. The third kappa shape index (κ3) is 5.01. The fourth-order valence-corrected chi connectivity index (χ4v) is 4.00. The van der Waals surface area contributed by atoms with Gasteiger partial charge in [-0.2, -0.15) is 0 Å². The number of hydrogen-bond donors (Lipinski definition) is 0. The number of rotatable bonds is 7. The van der Waals surface area contributed by atoms with Crippen LogP contribution in [-0.4, -0.2) is 36.9 Å². The largest absolute Gasteiger partial charge is 0.494 e. The van der Waals surface area contributed by atoms with Crippen LogP contribution in [0.4, 0.5) is 4.39 Å². The van der Waals surface area contributed by atoms with Gasteiger partial charge in [0.15, 0.2) is 5.78 Å². The van der Waals surface area contributed by atoms with E-state index in [1.54, 1.807) is 12.1 Å². The second kappa shape index (κ2) is 9.19. The lowest BCUT2D eigenvalue weighted by Crippen LogP contribution is -2.37. The average Bonchev–Trinajstić information content (AvgIpc) is 2.77. The summed E-state index contributed by atoms with van der Waals surface area (Å²) in [6, 6.07) is 20.4. The Morgan fingerprint density at radius 1 is 0.966 bits per heavy atom. The maximum Gasteiger partial charge on any atom is 0.166 e. The highest BCUT2D eigenvalue weighted by Crippen LogP contribution is 2.23. The highest BCUT2D eigenvalue weighted by atomic mass is 19.1. The van der Waals surface area contributed by atoms with Gasteiger partial charge in [0.2, 0.25) is 0 Å². The van der Waals surface area contributed by atoms with Crippen molar-refractivity contribution in [1.29, 1.82) is 0 Å². The monoisotopic (exact) mass is 391 g/mol. The summed E-state index contributed by atoms with van der Waals surface area (Å²) in [4.78, 5) is 15.0. The Morgan fingerprint density at radius 2 is 1.69 bits per heavy atom. The van der Waals surface area contributed by atoms with E-state index in [9.17, 15) is 9.18 Å². The number of halogens is 1. The molecule has 0 radical (unpaired) electrons. The van der Waals surface area contributed by atoms with Gasteiger partial charge in [-0.25, -0.2) is 4.39 Å². The molecule has 0 amide bonds. The topological polar surface area (TPSA) is 29.5 Å². The van der Waals surface area contributed by atoms with E-state index in [4.69, 9.17) is 4.74 Å². The number of nitrogens with zero attached hydrogens (tertiary/aromatic N) is 1. The van der Waals surface area contributed by atoms with E-state index in [0.717, 1.165) is 44.6 Å². The standard InChI is InChI=1S/C25H26FNO2/c26-23-9-6-20(7-10-23)25(28)21-12-15-27(16-13-21)14-3-17-29-24-11-8-19-4-1-2-5-22(19)18-24/h1-2,4-11,18,21H,3,12-17H2. The first-order valence-corrected chi connectivity index (χ1v) is 10.3. The molecule has 0 N–H and O–H groups in total. The molecule has 0 spiro atoms. The number of carbonyl (C=O) groups excluding carboxylic acids is 1. The third-order valence-electron chi connectivity index (χ3n) is 5.70. The molecule has 0 atom stereocenters. The van der Waals surface area contributed by atoms with Crippen LogP contribution in [0.25, 0.3) is 10.8 Å². The molecule has 0 saturated carbocycles. The van der Waals surface area contributed by atoms with E-state index in [2.05, 4.69) is 29.2 Å². The van der Waals surface area contributed by atoms with Crippen LogP contribution >= 0.6 is 0 Å². The molecule has 3 aromatic rings. The van der Waals surface area contributed by atoms with Gasteiger partial charge in [-0.15, -0.1) is 0 Å². The predicted molar refractivity (Wildman–Crippen MR) is 114 cm³/mol. The summed E-state index contributed by atoms with van der Waals surface area (Å²) < 4.78 is 19.0. The molecule has 0 bridgehead atoms. The second-order valence-corrected chi connectivity index (χ2v) is 7.70. The molecular weight excluding hydrogens is 365 g/mol. The number of hydrogen-bond acceptors (Lipinski definition) is 3. The lowest BCUT2D eigenvalue weighted by Gasteiger charge is -2.31. The average molecular weight is 391 g/mol. The molecule has 1 aliphatic rings. The minimum atomic E-state index is -0.303. The number of likely N-dealkylation sites (tertiary alicyclic amines) is 1. The molecule has 1 heterocycles. The zero-order valence-corrected chi connectivity index (χ0v) is 16.5. The van der Waals surface area contributed by atoms with Crippen molar-refractivity contribution in [3.8, 4) is 5.75 Å². The maximum absolute atomic E-state index is 13.0. The van der Waals surface area contributed by atoms with Gasteiger partial charge in [0.05, 0.1) is 6.61 Å². The Morgan fingerprint density at radius 3 is 2.45 bits per heavy atom. The number of ether oxygens (including phenoxy) is 1. The van der Waals surface area contributed by atoms with Crippen molar-refractivity contribution in [1.82, 2.24) is 4.90 Å². The van der Waals surface area contributed by atoms with Crippen molar-refractivity contribution in [2.45, 2.75) is 19.3 Å². The highest BCUT2D eigenvalue weighted by Gasteiger charge is 2.25. The Balaban J connectivity index is 1.19. The third-order valence-corrected chi connectivity index (χ3v) is 5.70. The van der Waals surface area contributed by atoms with Gasteiger partial charge in [-0.1, -0.05) is 30.3 Å². The molecule has 1 aliphatic heterocycles. The second-order valence-electron chi connectivity index (χ2n) is 7.70. The van der Waals surface area contributed by atoms with E-state index < -0.39 is 0 Å². The lowest BCUT2D eigenvalue weighted by atomic mass is 9.89. The summed E-state index contributed by atoms with van der Waals surface area (Å²) in [6.45, 7) is 3.51. The van der Waals surface area contributed by atoms with E-state index in [1.807, 2.05) is 18.2 Å². The highest BCUT2D eigenvalue weighted by molar-refractivity contribution is 5.97. The Kier molecular flexibility index (Phi) is 6.20. The van der Waals surface area contributed by atoms with E-state index in [1.165, 1.54) is 22.9 Å². The van der Waals surface area contributed by atoms with Crippen molar-refractivity contribution in [3.63, 3.8) is 0 Å². The lowest BCUT2D eigenvalue weighted by molar-refractivity contribution is 0.0835. The molecule has 4 heteroatoms. The number of ketones is 1. The first-order chi connectivity index (χ1) is 14.2. The number of benzene rings is 3. The first-order valence-electron chi connectivity index (χ1n) is 10.3. The molecule has 3 nitrogen and oxygen atoms in total. The van der Waals surface area contributed by atoms with Crippen LogP contribution in [0.3, 0.4) is 0 Å². The van der Waals surface area contributed by atoms with Gasteiger partial charge in [-0.3, -0.25) is 4.79 Å². The van der Waals surface area contributed by atoms with Crippen molar-refractivity contribution in [2.24, 2.45) is 5.92 Å². The number of fused-ring (bicyclic) bond motifs is 1. The summed E-state index contributed by atoms with van der Waals surface area (Å²) >= 11 is 0. The fraction of sp³-hybridized carbons (Fsp3) is 0.320. The molecule has 0 unspecified atom stereocenters. The van der Waals surface area contributed by atoms with E-state index >= 15 is 0 Å². The molecule has 0 aliphatic carbocycles. The zero-order chi connectivity index (χ0) is 20.1. The van der Waals surface area contributed by atoms with Crippen molar-refractivity contribution in [3.05, 3.63) is 78.1 Å². The normalized spacial score (nSPS) is 15.5. The van der Waals surface area contributed by atoms with Crippen LogP contribution in [0.1, 0.15) is 29.6 Å².